The molecule has 28 heavy (non-hydrogen) atoms. The smallest absolute Gasteiger partial charge is 0.194 e. The second-order valence-corrected chi connectivity index (χ2v) is 7.51. The first-order valence-corrected chi connectivity index (χ1v) is 10.0. The second kappa shape index (κ2) is 9.08. The van der Waals surface area contributed by atoms with Crippen LogP contribution in [0.2, 0.25) is 0 Å². The summed E-state index contributed by atoms with van der Waals surface area (Å²) in [7, 11) is 1.71. The lowest BCUT2D eigenvalue weighted by atomic mass is 9.93. The summed E-state index contributed by atoms with van der Waals surface area (Å²) in [4.78, 5) is 16.1. The van der Waals surface area contributed by atoms with Crippen LogP contribution in [0, 0.1) is 19.8 Å². The maximum atomic E-state index is 5.53. The summed E-state index contributed by atoms with van der Waals surface area (Å²) in [6.45, 7) is 11.8. The third-order valence-corrected chi connectivity index (χ3v) is 5.59. The summed E-state index contributed by atoms with van der Waals surface area (Å²) in [5.74, 6) is 2.45. The summed E-state index contributed by atoms with van der Waals surface area (Å²) in [5, 5.41) is 3.45. The molecular weight excluding hydrogens is 352 g/mol. The highest BCUT2D eigenvalue weighted by Crippen LogP contribution is 2.28. The summed E-state index contributed by atoms with van der Waals surface area (Å²) >= 11 is 0. The standard InChI is InChI=1S/C21H32N6O/c1-6-23-21(25-12-18-17(4)20(28-5)16(3)11-24-18)26-9-7-15(2)19(13-26)27-10-8-22-14-27/h8,10-11,14-15,19H,6-7,9,12-13H2,1-5H3,(H,23,25). The number of aromatic nitrogens is 3. The van der Waals surface area contributed by atoms with Gasteiger partial charge in [0.2, 0.25) is 0 Å². The number of nitrogens with zero attached hydrogens (tertiary/aromatic N) is 5. The lowest BCUT2D eigenvalue weighted by molar-refractivity contribution is 0.189. The van der Waals surface area contributed by atoms with E-state index in [1.165, 1.54) is 0 Å². The molecule has 1 saturated heterocycles. The minimum absolute atomic E-state index is 0.402. The Kier molecular flexibility index (Phi) is 6.54. The maximum Gasteiger partial charge on any atom is 0.194 e. The molecule has 2 atom stereocenters. The van der Waals surface area contributed by atoms with E-state index in [9.17, 15) is 0 Å². The number of aryl methyl sites for hydroxylation is 1. The molecule has 7 heteroatoms. The fourth-order valence-electron chi connectivity index (χ4n) is 3.90. The SMILES string of the molecule is CCNC(=NCc1ncc(C)c(OC)c1C)N1CCC(C)C(n2ccnc2)C1. The van der Waals surface area contributed by atoms with Gasteiger partial charge in [0.1, 0.15) is 5.75 Å². The van der Waals surface area contributed by atoms with Gasteiger partial charge in [-0.2, -0.15) is 0 Å². The van der Waals surface area contributed by atoms with E-state index in [0.717, 1.165) is 54.6 Å². The number of likely N-dealkylation sites (tertiary alicyclic amines) is 1. The predicted octanol–water partition coefficient (Wildman–Crippen LogP) is 2.95. The van der Waals surface area contributed by atoms with Crippen LogP contribution in [0.4, 0.5) is 0 Å². The third-order valence-electron chi connectivity index (χ3n) is 5.59. The van der Waals surface area contributed by atoms with Gasteiger partial charge in [-0.25, -0.2) is 9.98 Å². The number of guanidine groups is 1. The first kappa shape index (κ1) is 20.2. The molecule has 0 saturated carbocycles. The van der Waals surface area contributed by atoms with Crippen molar-refractivity contribution in [1.29, 1.82) is 0 Å². The van der Waals surface area contributed by atoms with Gasteiger partial charge >= 0.3 is 0 Å². The van der Waals surface area contributed by atoms with Gasteiger partial charge in [0, 0.05) is 49.4 Å². The van der Waals surface area contributed by atoms with E-state index >= 15 is 0 Å². The number of imidazole rings is 1. The van der Waals surface area contributed by atoms with Crippen molar-refractivity contribution < 1.29 is 4.74 Å². The van der Waals surface area contributed by atoms with E-state index in [1.807, 2.05) is 32.6 Å². The van der Waals surface area contributed by atoms with Gasteiger partial charge in [-0.1, -0.05) is 6.92 Å². The Hall–Kier alpha value is -2.57. The Morgan fingerprint density at radius 3 is 2.89 bits per heavy atom. The van der Waals surface area contributed by atoms with Crippen molar-refractivity contribution in [2.75, 3.05) is 26.7 Å². The van der Waals surface area contributed by atoms with Crippen LogP contribution in [0.5, 0.6) is 5.75 Å². The van der Waals surface area contributed by atoms with Crippen LogP contribution in [0.15, 0.2) is 29.9 Å². The zero-order valence-corrected chi connectivity index (χ0v) is 17.6. The van der Waals surface area contributed by atoms with Crippen molar-refractivity contribution in [2.24, 2.45) is 10.9 Å². The molecule has 7 nitrogen and oxygen atoms in total. The Labute approximate surface area is 167 Å². The highest BCUT2D eigenvalue weighted by atomic mass is 16.5. The third kappa shape index (κ3) is 4.29. The van der Waals surface area contributed by atoms with Gasteiger partial charge < -0.3 is 19.5 Å². The quantitative estimate of drug-likeness (QED) is 0.634. The monoisotopic (exact) mass is 384 g/mol. The Morgan fingerprint density at radius 1 is 1.39 bits per heavy atom. The number of methoxy groups -OCH3 is 1. The van der Waals surface area contributed by atoms with E-state index in [4.69, 9.17) is 9.73 Å². The van der Waals surface area contributed by atoms with Crippen LogP contribution in [-0.4, -0.2) is 52.1 Å². The van der Waals surface area contributed by atoms with Gasteiger partial charge in [-0.05, 0) is 33.1 Å². The molecule has 0 bridgehead atoms. The van der Waals surface area contributed by atoms with E-state index in [0.29, 0.717) is 18.5 Å². The average Bonchev–Trinajstić information content (AvgIpc) is 3.22. The number of ether oxygens (including phenoxy) is 1. The lowest BCUT2D eigenvalue weighted by Gasteiger charge is -2.39. The van der Waals surface area contributed by atoms with Gasteiger partial charge in [0.05, 0.1) is 31.7 Å². The molecule has 3 rings (SSSR count). The number of hydrogen-bond acceptors (Lipinski definition) is 4. The molecule has 1 fully saturated rings. The van der Waals surface area contributed by atoms with Crippen LogP contribution >= 0.6 is 0 Å². The number of pyridine rings is 1. The van der Waals surface area contributed by atoms with E-state index in [-0.39, 0.29) is 0 Å². The van der Waals surface area contributed by atoms with Gasteiger partial charge in [0.25, 0.3) is 0 Å². The van der Waals surface area contributed by atoms with Crippen molar-refractivity contribution in [3.8, 4) is 5.75 Å². The molecule has 1 aliphatic rings. The van der Waals surface area contributed by atoms with Gasteiger partial charge in [-0.3, -0.25) is 4.98 Å². The number of rotatable bonds is 5. The molecule has 152 valence electrons. The van der Waals surface area contributed by atoms with Gasteiger partial charge in [-0.15, -0.1) is 0 Å². The Morgan fingerprint density at radius 2 is 2.21 bits per heavy atom. The minimum Gasteiger partial charge on any atom is -0.496 e. The minimum atomic E-state index is 0.402. The van der Waals surface area contributed by atoms with Crippen LogP contribution in [0.25, 0.3) is 0 Å². The lowest BCUT2D eigenvalue weighted by Crippen LogP contribution is -2.49. The number of piperidine rings is 1. The van der Waals surface area contributed by atoms with Crippen LogP contribution in [0.1, 0.15) is 43.1 Å². The Bertz CT molecular complexity index is 801. The van der Waals surface area contributed by atoms with E-state index in [2.05, 4.69) is 44.8 Å². The number of aliphatic imine (C=N–C) groups is 1. The van der Waals surface area contributed by atoms with E-state index < -0.39 is 0 Å². The maximum absolute atomic E-state index is 5.53. The molecule has 2 unspecified atom stereocenters. The molecule has 0 aliphatic carbocycles. The average molecular weight is 385 g/mol. The van der Waals surface area contributed by atoms with Crippen molar-refractivity contribution in [3.63, 3.8) is 0 Å². The fourth-order valence-corrected chi connectivity index (χ4v) is 3.90. The van der Waals surface area contributed by atoms with Crippen molar-refractivity contribution in [2.45, 2.75) is 46.7 Å². The number of hydrogen-bond donors (Lipinski definition) is 1. The normalized spacial score (nSPS) is 20.3. The first-order valence-electron chi connectivity index (χ1n) is 10.0. The molecule has 0 spiro atoms. The largest absolute Gasteiger partial charge is 0.496 e. The second-order valence-electron chi connectivity index (χ2n) is 7.51. The number of nitrogens with one attached hydrogen (secondary N) is 1. The van der Waals surface area contributed by atoms with Crippen molar-refractivity contribution in [3.05, 3.63) is 41.7 Å². The predicted molar refractivity (Wildman–Crippen MR) is 112 cm³/mol. The molecule has 1 N–H and O–H groups in total. The summed E-state index contributed by atoms with van der Waals surface area (Å²) in [6, 6.07) is 0.402. The zero-order valence-electron chi connectivity index (χ0n) is 17.6. The molecular formula is C21H32N6O. The Balaban J connectivity index is 1.79. The van der Waals surface area contributed by atoms with Crippen molar-refractivity contribution >= 4 is 5.96 Å². The summed E-state index contributed by atoms with van der Waals surface area (Å²) in [5.41, 5.74) is 3.06. The molecule has 0 amide bonds. The van der Waals surface area contributed by atoms with Gasteiger partial charge in [0.15, 0.2) is 5.96 Å². The highest BCUT2D eigenvalue weighted by Gasteiger charge is 2.29. The zero-order chi connectivity index (χ0) is 20.1. The van der Waals surface area contributed by atoms with Crippen LogP contribution < -0.4 is 10.1 Å². The molecule has 2 aromatic heterocycles. The molecule has 1 aliphatic heterocycles. The fraction of sp³-hybridized carbons (Fsp3) is 0.571. The topological polar surface area (TPSA) is 67.6 Å². The van der Waals surface area contributed by atoms with Crippen LogP contribution in [0.3, 0.4) is 0 Å². The van der Waals surface area contributed by atoms with E-state index in [1.54, 1.807) is 7.11 Å². The van der Waals surface area contributed by atoms with Crippen molar-refractivity contribution in [1.82, 2.24) is 24.8 Å². The molecule has 0 radical (unpaired) electrons. The summed E-state index contributed by atoms with van der Waals surface area (Å²) in [6.07, 6.45) is 8.81. The highest BCUT2D eigenvalue weighted by molar-refractivity contribution is 5.80. The molecule has 3 heterocycles. The first-order chi connectivity index (χ1) is 13.5. The molecule has 2 aromatic rings. The van der Waals surface area contributed by atoms with Crippen LogP contribution in [-0.2, 0) is 6.54 Å². The molecule has 0 aromatic carbocycles. The summed E-state index contributed by atoms with van der Waals surface area (Å²) < 4.78 is 7.75.